The van der Waals surface area contributed by atoms with E-state index in [0.717, 1.165) is 79.8 Å². The zero-order chi connectivity index (χ0) is 86.7. The second-order valence-corrected chi connectivity index (χ2v) is 35.5. The largest absolute Gasteiger partial charge is 0.309 e. The number of benzene rings is 18. The minimum atomic E-state index is 0.424. The Hall–Kier alpha value is -16.3. The third kappa shape index (κ3) is 12.1. The van der Waals surface area contributed by atoms with E-state index in [0.29, 0.717) is 5.92 Å². The average Bonchev–Trinajstić information content (AvgIpc) is 1.25. The van der Waals surface area contributed by atoms with Crippen LogP contribution in [0.2, 0.25) is 0 Å². The molecule has 0 spiro atoms. The van der Waals surface area contributed by atoms with E-state index in [2.05, 4.69) is 466 Å². The minimum Gasteiger partial charge on any atom is -0.309 e. The number of hydrogen-bond donors (Lipinski definition) is 0. The molecule has 6 aromatic heterocycles. The van der Waals surface area contributed by atoms with Gasteiger partial charge in [-0.2, -0.15) is 0 Å². The average molecular weight is 1660 g/mol. The Morgan fingerprint density at radius 1 is 0.231 bits per heavy atom. The lowest BCUT2D eigenvalue weighted by molar-refractivity contribution is 0.861. The summed E-state index contributed by atoms with van der Waals surface area (Å²) in [5.74, 6) is 0.424. The number of nitrogens with zero attached hydrogens (tertiary/aromatic N) is 6. The molecule has 0 amide bonds. The summed E-state index contributed by atoms with van der Waals surface area (Å²) in [6, 6.07) is 141. The van der Waals surface area contributed by atoms with E-state index in [1.807, 2.05) is 0 Å². The number of aromatic nitrogens is 6. The van der Waals surface area contributed by atoms with Gasteiger partial charge in [0.2, 0.25) is 0 Å². The quantitative estimate of drug-likeness (QED) is 0.130. The first-order valence-corrected chi connectivity index (χ1v) is 45.4. The van der Waals surface area contributed by atoms with E-state index >= 15 is 0 Å². The van der Waals surface area contributed by atoms with Crippen LogP contribution in [0.4, 0.5) is 0 Å². The maximum absolute atomic E-state index is 5.38. The van der Waals surface area contributed by atoms with Crippen LogP contribution in [-0.2, 0) is 0 Å². The molecular weight excluding hydrogens is 1570 g/mol. The van der Waals surface area contributed by atoms with Gasteiger partial charge in [-0.05, 0) is 267 Å². The molecule has 26 rings (SSSR count). The van der Waals surface area contributed by atoms with E-state index in [1.165, 1.54) is 197 Å². The number of fused-ring (bicyclic) bond motifs is 14. The fourth-order valence-electron chi connectivity index (χ4n) is 22.7. The Labute approximate surface area is 754 Å². The fraction of sp³-hybridized carbons (Fsp3) is 0.0645. The molecule has 0 saturated heterocycles. The van der Waals surface area contributed by atoms with Gasteiger partial charge < -0.3 is 18.3 Å². The molecule has 0 aliphatic heterocycles. The van der Waals surface area contributed by atoms with Crippen molar-refractivity contribution < 1.29 is 0 Å². The molecule has 130 heavy (non-hydrogen) atoms. The monoisotopic (exact) mass is 1660 g/mol. The molecule has 1 unspecified atom stereocenters. The van der Waals surface area contributed by atoms with E-state index < -0.39 is 0 Å². The Morgan fingerprint density at radius 3 is 0.969 bits per heavy atom. The van der Waals surface area contributed by atoms with Crippen molar-refractivity contribution in [1.29, 1.82) is 0 Å². The molecule has 24 aromatic rings. The lowest BCUT2D eigenvalue weighted by Gasteiger charge is -2.27. The number of hydrogen-bond acceptors (Lipinski definition) is 2. The molecule has 6 heterocycles. The van der Waals surface area contributed by atoms with Crippen molar-refractivity contribution in [2.45, 2.75) is 53.9 Å². The van der Waals surface area contributed by atoms with Crippen LogP contribution in [0.3, 0.4) is 0 Å². The second kappa shape index (κ2) is 30.2. The maximum Gasteiger partial charge on any atom is 0.0541 e. The number of para-hydroxylation sites is 8. The van der Waals surface area contributed by atoms with Crippen LogP contribution in [0.1, 0.15) is 62.9 Å². The van der Waals surface area contributed by atoms with Crippen molar-refractivity contribution in [2.24, 2.45) is 0 Å². The molecule has 18 aromatic carbocycles. The Morgan fingerprint density at radius 2 is 0.554 bits per heavy atom. The van der Waals surface area contributed by atoms with Gasteiger partial charge in [0.05, 0.1) is 44.1 Å². The van der Waals surface area contributed by atoms with E-state index in [-0.39, 0.29) is 0 Å². The molecule has 614 valence electrons. The first-order chi connectivity index (χ1) is 64.0. The number of rotatable bonds is 11. The summed E-state index contributed by atoms with van der Waals surface area (Å²) in [5.41, 5.74) is 41.3. The molecule has 6 heteroatoms. The minimum absolute atomic E-state index is 0.424. The molecule has 2 aliphatic rings. The van der Waals surface area contributed by atoms with Gasteiger partial charge in [0.15, 0.2) is 0 Å². The first kappa shape index (κ1) is 76.2. The van der Waals surface area contributed by atoms with E-state index in [9.17, 15) is 0 Å². The van der Waals surface area contributed by atoms with Gasteiger partial charge in [0.1, 0.15) is 0 Å². The summed E-state index contributed by atoms with van der Waals surface area (Å²) >= 11 is 0. The second-order valence-electron chi connectivity index (χ2n) is 35.5. The van der Waals surface area contributed by atoms with Gasteiger partial charge in [-0.25, -0.2) is 0 Å². The van der Waals surface area contributed by atoms with Crippen LogP contribution in [0.25, 0.3) is 232 Å². The topological polar surface area (TPSA) is 45.5 Å². The molecule has 0 fully saturated rings. The van der Waals surface area contributed by atoms with Crippen molar-refractivity contribution >= 4 is 132 Å². The predicted octanol–water partition coefficient (Wildman–Crippen LogP) is 33.1. The molecule has 0 N–H and O–H groups in total. The van der Waals surface area contributed by atoms with Gasteiger partial charge in [-0.15, -0.1) is 0 Å². The zero-order valence-electron chi connectivity index (χ0n) is 73.2. The van der Waals surface area contributed by atoms with Crippen molar-refractivity contribution in [3.8, 4) is 101 Å². The van der Waals surface area contributed by atoms with Crippen LogP contribution in [0.15, 0.2) is 394 Å². The summed E-state index contributed by atoms with van der Waals surface area (Å²) in [6.45, 7) is 13.3. The van der Waals surface area contributed by atoms with Gasteiger partial charge in [0, 0.05) is 117 Å². The third-order valence-corrected chi connectivity index (χ3v) is 28.1. The first-order valence-electron chi connectivity index (χ1n) is 45.4. The molecule has 2 aliphatic carbocycles. The Bertz CT molecular complexity index is 8390. The van der Waals surface area contributed by atoms with Crippen molar-refractivity contribution in [1.82, 2.24) is 28.2 Å². The summed E-state index contributed by atoms with van der Waals surface area (Å²) in [4.78, 5) is 10.7. The maximum atomic E-state index is 5.38. The van der Waals surface area contributed by atoms with Crippen LogP contribution in [0.5, 0.6) is 0 Å². The van der Waals surface area contributed by atoms with Crippen LogP contribution >= 0.6 is 0 Å². The van der Waals surface area contributed by atoms with Crippen LogP contribution in [-0.4, -0.2) is 28.2 Å². The summed E-state index contributed by atoms with van der Waals surface area (Å²) in [7, 11) is 0. The standard InChI is InChI=1S/C70H49N3.C54H39N3/c1-44-69(45(2)71-46(3)70(44)54-39-52(59-28-16-20-48-18-4-6-22-57(48)59)38-53(40-54)60-29-17-21-49-19-5-7-23-58(49)60)50-36-34-47(35-37-50)51-41-55(72-65-30-12-8-24-61(65)62-25-9-13-31-66(62)72)43-56(42-51)73-67-32-14-10-26-63(67)64-27-11-15-33-68(64)73;1-32-51(33(2)55-34(3)52(32)45-27-26-37-24-23-35-13-12-14-36-25-28-46(45)54(37)53(35)36)38-29-39(56-47-19-8-4-15-41(47)42-16-5-9-20-48(42)56)31-40(30-38)57-49-21-10-6-17-43(49)44-18-7-11-22-50(44)57/h4-43H,1-3H3;4-12,14-31,35H,13H2,1-3H3. The summed E-state index contributed by atoms with van der Waals surface area (Å²) in [6.07, 6.45) is 10.4. The molecule has 0 bridgehead atoms. The van der Waals surface area contributed by atoms with Gasteiger partial charge >= 0.3 is 0 Å². The van der Waals surface area contributed by atoms with Crippen LogP contribution in [0, 0.1) is 41.5 Å². The molecule has 0 radical (unpaired) electrons. The van der Waals surface area contributed by atoms with Crippen molar-refractivity contribution in [3.63, 3.8) is 0 Å². The molecule has 1 atom stereocenters. The molecule has 6 nitrogen and oxygen atoms in total. The fourth-order valence-corrected chi connectivity index (χ4v) is 22.7. The number of pyridine rings is 2. The SMILES string of the molecule is Cc1nc(C)c(-c2cc(-c3cccc4ccccc34)cc(-c3cccc4ccccc34)c2)c(C)c1-c1ccc(-c2cc(-n3c4ccccc4c4ccccc43)cc(-n3c4ccccc4c4ccccc43)c2)cc1.Cc1nc(C)c(-c2ccc3c4c5c(ccc24)C=CCC5C=C3)c(C)c1-c1cc(-n2c3ccccc3c3ccccc32)cc(-n2c3ccccc3c3ccccc32)c1. The predicted molar refractivity (Wildman–Crippen MR) is 550 cm³/mol. The highest BCUT2D eigenvalue weighted by molar-refractivity contribution is 6.15. The Balaban J connectivity index is 0.000000145. The Kier molecular flexibility index (Phi) is 17.7. The highest BCUT2D eigenvalue weighted by atomic mass is 15.0. The van der Waals surface area contributed by atoms with Crippen molar-refractivity contribution in [3.05, 3.63) is 445 Å². The normalized spacial score (nSPS) is 13.0. The molecular formula is C124H88N6. The summed E-state index contributed by atoms with van der Waals surface area (Å²) < 4.78 is 9.77. The lowest BCUT2D eigenvalue weighted by atomic mass is 9.77. The van der Waals surface area contributed by atoms with Crippen LogP contribution < -0.4 is 0 Å². The van der Waals surface area contributed by atoms with Gasteiger partial charge in [-0.1, -0.05) is 303 Å². The third-order valence-electron chi connectivity index (χ3n) is 28.1. The number of aryl methyl sites for hydroxylation is 4. The van der Waals surface area contributed by atoms with E-state index in [1.54, 1.807) is 0 Å². The summed E-state index contributed by atoms with van der Waals surface area (Å²) in [5, 5.41) is 17.6. The molecule has 0 saturated carbocycles. The van der Waals surface area contributed by atoms with Gasteiger partial charge in [0.25, 0.3) is 0 Å². The van der Waals surface area contributed by atoms with Crippen molar-refractivity contribution in [2.75, 3.05) is 0 Å². The highest BCUT2D eigenvalue weighted by Gasteiger charge is 2.29. The zero-order valence-corrected chi connectivity index (χ0v) is 73.2. The lowest BCUT2D eigenvalue weighted by Crippen LogP contribution is -2.07. The smallest absolute Gasteiger partial charge is 0.0541 e. The van der Waals surface area contributed by atoms with E-state index in [4.69, 9.17) is 9.97 Å². The highest BCUT2D eigenvalue weighted by Crippen LogP contribution is 2.50. The number of allylic oxidation sites excluding steroid dienone is 2. The van der Waals surface area contributed by atoms with Gasteiger partial charge in [-0.3, -0.25) is 9.97 Å².